The number of rotatable bonds is 6. The first-order chi connectivity index (χ1) is 14.4. The third-order valence-electron chi connectivity index (χ3n) is 5.16. The summed E-state index contributed by atoms with van der Waals surface area (Å²) >= 11 is 0. The molecule has 0 amide bonds. The summed E-state index contributed by atoms with van der Waals surface area (Å²) in [5.74, 6) is -1.64. The van der Waals surface area contributed by atoms with E-state index in [1.807, 2.05) is 12.1 Å². The van der Waals surface area contributed by atoms with Crippen LogP contribution in [-0.4, -0.2) is 40.1 Å². The minimum Gasteiger partial charge on any atom is -0.382 e. The molecule has 10 heteroatoms. The molecule has 4 rings (SSSR count). The minimum atomic E-state index is -1.71. The number of aryl methyl sites for hydroxylation is 1. The van der Waals surface area contributed by atoms with Crippen LogP contribution in [-0.2, 0) is 19.2 Å². The Labute approximate surface area is 170 Å². The van der Waals surface area contributed by atoms with E-state index in [1.54, 1.807) is 26.1 Å². The van der Waals surface area contributed by atoms with E-state index >= 15 is 0 Å². The zero-order chi connectivity index (χ0) is 21.3. The van der Waals surface area contributed by atoms with Gasteiger partial charge in [-0.15, -0.1) is 10.2 Å². The van der Waals surface area contributed by atoms with Gasteiger partial charge in [0.25, 0.3) is 0 Å². The van der Waals surface area contributed by atoms with Gasteiger partial charge in [0.1, 0.15) is 29.9 Å². The van der Waals surface area contributed by atoms with E-state index in [4.69, 9.17) is 0 Å². The molecule has 30 heavy (non-hydrogen) atoms. The molecule has 154 valence electrons. The average Bonchev–Trinajstić information content (AvgIpc) is 3.39. The maximum atomic E-state index is 14.7. The van der Waals surface area contributed by atoms with Crippen molar-refractivity contribution in [1.29, 1.82) is 0 Å². The summed E-state index contributed by atoms with van der Waals surface area (Å²) in [4.78, 5) is 5.24. The molecule has 0 bridgehead atoms. The summed E-state index contributed by atoms with van der Waals surface area (Å²) in [5.41, 5.74) is -0.231. The largest absolute Gasteiger partial charge is 0.382 e. The Hall–Kier alpha value is -3.53. The third-order valence-corrected chi connectivity index (χ3v) is 5.16. The summed E-state index contributed by atoms with van der Waals surface area (Å²) in [7, 11) is 1.68. The van der Waals surface area contributed by atoms with Gasteiger partial charge >= 0.3 is 0 Å². The second kappa shape index (κ2) is 7.71. The fraction of sp³-hybridized carbons (Fsp3) is 0.250. The van der Waals surface area contributed by atoms with Crippen LogP contribution in [0.15, 0.2) is 55.1 Å². The van der Waals surface area contributed by atoms with Gasteiger partial charge < -0.3 is 5.11 Å². The van der Waals surface area contributed by atoms with E-state index in [-0.39, 0.29) is 12.1 Å². The maximum Gasteiger partial charge on any atom is 0.204 e. The van der Waals surface area contributed by atoms with E-state index < -0.39 is 23.2 Å². The Morgan fingerprint density at radius 1 is 1.13 bits per heavy atom. The number of tetrazole rings is 1. The first-order valence-corrected chi connectivity index (χ1v) is 9.21. The van der Waals surface area contributed by atoms with E-state index in [0.717, 1.165) is 23.3 Å². The average molecular weight is 411 g/mol. The van der Waals surface area contributed by atoms with Gasteiger partial charge in [0.05, 0.1) is 13.6 Å². The Morgan fingerprint density at radius 2 is 1.90 bits per heavy atom. The van der Waals surface area contributed by atoms with Crippen molar-refractivity contribution in [2.24, 2.45) is 7.05 Å². The van der Waals surface area contributed by atoms with Crippen molar-refractivity contribution in [2.45, 2.75) is 25.0 Å². The van der Waals surface area contributed by atoms with E-state index in [0.29, 0.717) is 5.82 Å². The number of hydrogen-bond donors (Lipinski definition) is 1. The molecule has 4 aromatic rings. The second-order valence-corrected chi connectivity index (χ2v) is 7.09. The van der Waals surface area contributed by atoms with Crippen molar-refractivity contribution >= 4 is 0 Å². The highest BCUT2D eigenvalue weighted by molar-refractivity contribution is 5.54. The molecule has 2 unspecified atom stereocenters. The van der Waals surface area contributed by atoms with E-state index in [2.05, 4.69) is 25.5 Å². The molecule has 0 aliphatic rings. The Kier molecular flexibility index (Phi) is 5.08. The molecule has 0 saturated carbocycles. The van der Waals surface area contributed by atoms with Crippen LogP contribution >= 0.6 is 0 Å². The van der Waals surface area contributed by atoms with Gasteiger partial charge in [0.15, 0.2) is 0 Å². The van der Waals surface area contributed by atoms with Gasteiger partial charge in [-0.3, -0.25) is 0 Å². The number of nitrogens with zero attached hydrogens (tertiary/aromatic N) is 7. The smallest absolute Gasteiger partial charge is 0.204 e. The topological polar surface area (TPSA) is 94.5 Å². The van der Waals surface area contributed by atoms with E-state index in [9.17, 15) is 13.9 Å². The van der Waals surface area contributed by atoms with Crippen molar-refractivity contribution in [1.82, 2.24) is 35.0 Å². The highest BCUT2D eigenvalue weighted by atomic mass is 19.1. The molecule has 8 nitrogen and oxygen atoms in total. The zero-order valence-corrected chi connectivity index (χ0v) is 16.3. The summed E-state index contributed by atoms with van der Waals surface area (Å²) in [6, 6.07) is 10.4. The van der Waals surface area contributed by atoms with Crippen molar-refractivity contribution < 1.29 is 13.9 Å². The first-order valence-electron chi connectivity index (χ1n) is 9.21. The number of benzene rings is 2. The van der Waals surface area contributed by atoms with Crippen molar-refractivity contribution in [2.75, 3.05) is 0 Å². The minimum absolute atomic E-state index is 0.0217. The molecule has 2 aromatic carbocycles. The van der Waals surface area contributed by atoms with Gasteiger partial charge in [0, 0.05) is 23.1 Å². The van der Waals surface area contributed by atoms with Crippen LogP contribution in [0.4, 0.5) is 8.78 Å². The van der Waals surface area contributed by atoms with Crippen molar-refractivity contribution in [3.8, 4) is 11.4 Å². The maximum absolute atomic E-state index is 14.7. The SMILES string of the molecule is CC(c1ccc(-c2nnn(C)n2)cc1)C(O)(Cn1cncn1)c1ccc(F)cc1F. The van der Waals surface area contributed by atoms with Gasteiger partial charge in [0.2, 0.25) is 5.82 Å². The Morgan fingerprint density at radius 3 is 2.50 bits per heavy atom. The second-order valence-electron chi connectivity index (χ2n) is 7.09. The molecule has 2 heterocycles. The normalized spacial score (nSPS) is 14.4. The molecule has 0 aliphatic carbocycles. The summed E-state index contributed by atoms with van der Waals surface area (Å²) in [5, 5.41) is 27.6. The van der Waals surface area contributed by atoms with Crippen LogP contribution < -0.4 is 0 Å². The summed E-state index contributed by atoms with van der Waals surface area (Å²) in [6.45, 7) is 1.71. The number of hydrogen-bond acceptors (Lipinski definition) is 6. The molecular formula is C20H19F2N7O. The standard InChI is InChI=1S/C20H19F2N7O/c1-13(14-3-5-15(6-4-14)19-25-27-28(2)26-19)20(30,10-29-12-23-11-24-29)17-8-7-16(21)9-18(17)22/h3-9,11-13,30H,10H2,1-2H3. The Bertz CT molecular complexity index is 1140. The molecule has 0 saturated heterocycles. The lowest BCUT2D eigenvalue weighted by molar-refractivity contribution is -0.0112. The van der Waals surface area contributed by atoms with Crippen LogP contribution in [0.3, 0.4) is 0 Å². The number of aliphatic hydroxyl groups is 1. The van der Waals surface area contributed by atoms with Crippen LogP contribution in [0.5, 0.6) is 0 Å². The first kappa shape index (κ1) is 19.8. The van der Waals surface area contributed by atoms with Crippen LogP contribution in [0.25, 0.3) is 11.4 Å². The van der Waals surface area contributed by atoms with Gasteiger partial charge in [-0.2, -0.15) is 9.90 Å². The lowest BCUT2D eigenvalue weighted by Gasteiger charge is -2.35. The van der Waals surface area contributed by atoms with Gasteiger partial charge in [-0.25, -0.2) is 18.4 Å². The van der Waals surface area contributed by atoms with Crippen molar-refractivity contribution in [3.63, 3.8) is 0 Å². The molecule has 1 N–H and O–H groups in total. The number of aromatic nitrogens is 7. The zero-order valence-electron chi connectivity index (χ0n) is 16.3. The van der Waals surface area contributed by atoms with Gasteiger partial charge in [-0.05, 0) is 16.8 Å². The molecule has 2 aromatic heterocycles. The van der Waals surface area contributed by atoms with Crippen molar-refractivity contribution in [3.05, 3.63) is 77.9 Å². The van der Waals surface area contributed by atoms with Crippen LogP contribution in [0, 0.1) is 11.6 Å². The lowest BCUT2D eigenvalue weighted by atomic mass is 9.78. The molecule has 0 aliphatic heterocycles. The fourth-order valence-electron chi connectivity index (χ4n) is 3.45. The van der Waals surface area contributed by atoms with Crippen LogP contribution in [0.2, 0.25) is 0 Å². The molecule has 0 spiro atoms. The summed E-state index contributed by atoms with van der Waals surface area (Å²) < 4.78 is 29.6. The van der Waals surface area contributed by atoms with Crippen LogP contribution in [0.1, 0.15) is 24.0 Å². The monoisotopic (exact) mass is 411 g/mol. The Balaban J connectivity index is 1.72. The molecular weight excluding hydrogens is 392 g/mol. The quantitative estimate of drug-likeness (QED) is 0.524. The predicted molar refractivity (Wildman–Crippen MR) is 103 cm³/mol. The summed E-state index contributed by atoms with van der Waals surface area (Å²) in [6.07, 6.45) is 2.76. The lowest BCUT2D eigenvalue weighted by Crippen LogP contribution is -2.38. The van der Waals surface area contributed by atoms with Gasteiger partial charge in [-0.1, -0.05) is 37.3 Å². The molecule has 2 atom stereocenters. The highest BCUT2D eigenvalue weighted by Gasteiger charge is 2.40. The third kappa shape index (κ3) is 3.69. The molecule has 0 radical (unpaired) electrons. The molecule has 0 fully saturated rings. The fourth-order valence-corrected chi connectivity index (χ4v) is 3.45. The predicted octanol–water partition coefficient (Wildman–Crippen LogP) is 2.44. The number of halogens is 2. The highest BCUT2D eigenvalue weighted by Crippen LogP contribution is 2.40. The van der Waals surface area contributed by atoms with E-state index in [1.165, 1.54) is 28.2 Å².